The number of rotatable bonds is 2. The fourth-order valence-corrected chi connectivity index (χ4v) is 1.05. The Hall–Kier alpha value is -0.270. The van der Waals surface area contributed by atoms with Crippen LogP contribution >= 0.6 is 31.9 Å². The van der Waals surface area contributed by atoms with Crippen molar-refractivity contribution < 1.29 is 0 Å². The van der Waals surface area contributed by atoms with Crippen molar-refractivity contribution >= 4 is 31.9 Å². The van der Waals surface area contributed by atoms with E-state index in [1.165, 1.54) is 0 Å². The molecule has 1 N–H and O–H groups in total. The van der Waals surface area contributed by atoms with E-state index in [2.05, 4.69) is 43.8 Å². The lowest BCUT2D eigenvalue weighted by Crippen LogP contribution is -2.03. The van der Waals surface area contributed by atoms with Gasteiger partial charge in [0, 0.05) is 0 Å². The summed E-state index contributed by atoms with van der Waals surface area (Å²) in [6.07, 6.45) is 0. The molecular formula is C6H6Br2N2. The van der Waals surface area contributed by atoms with Crippen LogP contribution in [0.3, 0.4) is 0 Å². The van der Waals surface area contributed by atoms with Gasteiger partial charge in [-0.1, -0.05) is 6.58 Å². The molecule has 0 aliphatic rings. The molecule has 0 heterocycles. The van der Waals surface area contributed by atoms with Crippen LogP contribution in [-0.2, 0) is 0 Å². The maximum Gasteiger partial charge on any atom is 0.0971 e. The van der Waals surface area contributed by atoms with E-state index in [1.54, 1.807) is 6.92 Å². The van der Waals surface area contributed by atoms with E-state index in [4.69, 9.17) is 5.26 Å². The van der Waals surface area contributed by atoms with Gasteiger partial charge in [0.2, 0.25) is 0 Å². The summed E-state index contributed by atoms with van der Waals surface area (Å²) in [6.45, 7) is 5.25. The molecule has 0 rings (SSSR count). The van der Waals surface area contributed by atoms with Gasteiger partial charge in [-0.2, -0.15) is 5.26 Å². The highest BCUT2D eigenvalue weighted by Gasteiger charge is 1.95. The standard InChI is InChI=1S/C6H6Br2N2/c1-4(3-9)6(8)10-5(2)7/h10H,2H2,1H3/b6-4+. The van der Waals surface area contributed by atoms with Crippen molar-refractivity contribution in [2.24, 2.45) is 0 Å². The Morgan fingerprint density at radius 2 is 2.10 bits per heavy atom. The minimum atomic E-state index is 0.584. The Balaban J connectivity index is 4.23. The Labute approximate surface area is 76.9 Å². The highest BCUT2D eigenvalue weighted by molar-refractivity contribution is 9.12. The van der Waals surface area contributed by atoms with Gasteiger partial charge in [-0.25, -0.2) is 0 Å². The van der Waals surface area contributed by atoms with Crippen molar-refractivity contribution in [1.82, 2.24) is 5.32 Å². The molecule has 0 saturated carbocycles. The highest BCUT2D eigenvalue weighted by atomic mass is 79.9. The van der Waals surface area contributed by atoms with E-state index in [9.17, 15) is 0 Å². The second-order valence-electron chi connectivity index (χ2n) is 1.58. The lowest BCUT2D eigenvalue weighted by atomic mass is 10.4. The summed E-state index contributed by atoms with van der Waals surface area (Å²) < 4.78 is 1.26. The van der Waals surface area contributed by atoms with Crippen LogP contribution in [0, 0.1) is 11.3 Å². The van der Waals surface area contributed by atoms with Crippen LogP contribution in [-0.4, -0.2) is 0 Å². The van der Waals surface area contributed by atoms with Gasteiger partial charge in [0.05, 0.1) is 20.9 Å². The molecule has 4 heteroatoms. The quantitative estimate of drug-likeness (QED) is 0.615. The molecule has 0 aliphatic carbocycles. The third-order valence-corrected chi connectivity index (χ3v) is 1.73. The van der Waals surface area contributed by atoms with Crippen molar-refractivity contribution in [3.05, 3.63) is 21.4 Å². The van der Waals surface area contributed by atoms with Gasteiger partial charge in [-0.05, 0) is 38.8 Å². The third-order valence-electron chi connectivity index (χ3n) is 0.742. The van der Waals surface area contributed by atoms with Crippen molar-refractivity contribution in [3.63, 3.8) is 0 Å². The molecule has 0 aliphatic heterocycles. The molecule has 0 aromatic rings. The fourth-order valence-electron chi connectivity index (χ4n) is 0.262. The molecule has 2 nitrogen and oxygen atoms in total. The molecule has 0 aromatic carbocycles. The average molecular weight is 266 g/mol. The van der Waals surface area contributed by atoms with Crippen LogP contribution in [0.4, 0.5) is 0 Å². The van der Waals surface area contributed by atoms with Crippen LogP contribution < -0.4 is 5.32 Å². The van der Waals surface area contributed by atoms with Crippen molar-refractivity contribution in [2.75, 3.05) is 0 Å². The molecule has 0 spiro atoms. The number of halogens is 2. The Bertz CT molecular complexity index is 212. The zero-order chi connectivity index (χ0) is 8.15. The van der Waals surface area contributed by atoms with Gasteiger partial charge < -0.3 is 5.32 Å². The third kappa shape index (κ3) is 3.70. The molecule has 10 heavy (non-hydrogen) atoms. The highest BCUT2D eigenvalue weighted by Crippen LogP contribution is 2.10. The first-order chi connectivity index (χ1) is 4.57. The predicted octanol–water partition coefficient (Wildman–Crippen LogP) is 2.59. The Morgan fingerprint density at radius 3 is 2.40 bits per heavy atom. The van der Waals surface area contributed by atoms with Gasteiger partial charge in [0.25, 0.3) is 0 Å². The fraction of sp³-hybridized carbons (Fsp3) is 0.167. The van der Waals surface area contributed by atoms with Gasteiger partial charge in [0.15, 0.2) is 0 Å². The molecule has 54 valence electrons. The molecule has 0 radical (unpaired) electrons. The second kappa shape index (κ2) is 4.53. The van der Waals surface area contributed by atoms with E-state index in [-0.39, 0.29) is 0 Å². The zero-order valence-corrected chi connectivity index (χ0v) is 8.58. The van der Waals surface area contributed by atoms with E-state index in [1.807, 2.05) is 6.07 Å². The van der Waals surface area contributed by atoms with Crippen LogP contribution in [0.1, 0.15) is 6.92 Å². The number of nitriles is 1. The summed E-state index contributed by atoms with van der Waals surface area (Å²) in [5, 5.41) is 11.2. The summed E-state index contributed by atoms with van der Waals surface area (Å²) in [5.41, 5.74) is 0.584. The molecular weight excluding hydrogens is 260 g/mol. The van der Waals surface area contributed by atoms with Crippen LogP contribution in [0.5, 0.6) is 0 Å². The topological polar surface area (TPSA) is 35.8 Å². The molecule has 0 unspecified atom stereocenters. The van der Waals surface area contributed by atoms with E-state index in [0.717, 1.165) is 0 Å². The number of nitrogens with zero attached hydrogens (tertiary/aromatic N) is 1. The van der Waals surface area contributed by atoms with Gasteiger partial charge in [0.1, 0.15) is 0 Å². The van der Waals surface area contributed by atoms with Crippen molar-refractivity contribution in [2.45, 2.75) is 6.92 Å². The normalized spacial score (nSPS) is 11.4. The number of hydrogen-bond donors (Lipinski definition) is 1. The summed E-state index contributed by atoms with van der Waals surface area (Å²) in [4.78, 5) is 0. The largest absolute Gasteiger partial charge is 0.344 e. The Kier molecular flexibility index (Phi) is 4.41. The van der Waals surface area contributed by atoms with Crippen LogP contribution in [0.15, 0.2) is 21.4 Å². The van der Waals surface area contributed by atoms with Crippen molar-refractivity contribution in [3.8, 4) is 6.07 Å². The predicted molar refractivity (Wildman–Crippen MR) is 48.4 cm³/mol. The maximum absolute atomic E-state index is 8.40. The van der Waals surface area contributed by atoms with Gasteiger partial charge in [-0.15, -0.1) is 0 Å². The average Bonchev–Trinajstić information content (AvgIpc) is 1.85. The van der Waals surface area contributed by atoms with Gasteiger partial charge >= 0.3 is 0 Å². The summed E-state index contributed by atoms with van der Waals surface area (Å²) in [7, 11) is 0. The molecule has 0 saturated heterocycles. The molecule has 0 aromatic heterocycles. The molecule has 0 atom stereocenters. The lowest BCUT2D eigenvalue weighted by molar-refractivity contribution is 1.14. The minimum Gasteiger partial charge on any atom is -0.344 e. The zero-order valence-electron chi connectivity index (χ0n) is 5.41. The second-order valence-corrected chi connectivity index (χ2v) is 3.33. The summed E-state index contributed by atoms with van der Waals surface area (Å²) >= 11 is 6.25. The van der Waals surface area contributed by atoms with Crippen LogP contribution in [0.2, 0.25) is 0 Å². The summed E-state index contributed by atoms with van der Waals surface area (Å²) in [5.74, 6) is 0. The monoisotopic (exact) mass is 264 g/mol. The lowest BCUT2D eigenvalue weighted by Gasteiger charge is -2.00. The minimum absolute atomic E-state index is 0.584. The first-order valence-corrected chi connectivity index (χ1v) is 4.04. The Morgan fingerprint density at radius 1 is 1.60 bits per heavy atom. The maximum atomic E-state index is 8.40. The first kappa shape index (κ1) is 9.73. The summed E-state index contributed by atoms with van der Waals surface area (Å²) in [6, 6.07) is 1.98. The molecule has 0 bridgehead atoms. The smallest absolute Gasteiger partial charge is 0.0971 e. The molecule has 0 fully saturated rings. The van der Waals surface area contributed by atoms with E-state index < -0.39 is 0 Å². The number of hydrogen-bond acceptors (Lipinski definition) is 2. The van der Waals surface area contributed by atoms with E-state index in [0.29, 0.717) is 14.8 Å². The first-order valence-electron chi connectivity index (χ1n) is 2.46. The van der Waals surface area contributed by atoms with Gasteiger partial charge in [-0.3, -0.25) is 0 Å². The SMILES string of the molecule is C=C(Br)N/C(Br)=C(\C)C#N. The van der Waals surface area contributed by atoms with Crippen LogP contribution in [0.25, 0.3) is 0 Å². The number of nitrogens with one attached hydrogen (secondary N) is 1. The van der Waals surface area contributed by atoms with Crippen molar-refractivity contribution in [1.29, 1.82) is 5.26 Å². The molecule has 0 amide bonds. The van der Waals surface area contributed by atoms with E-state index >= 15 is 0 Å². The number of allylic oxidation sites excluding steroid dienone is 1.